The average Bonchev–Trinajstić information content (AvgIpc) is 3.02. The molecule has 6 nitrogen and oxygen atoms in total. The summed E-state index contributed by atoms with van der Waals surface area (Å²) in [6.07, 6.45) is 4.41. The normalized spacial score (nSPS) is 20.9. The molecule has 0 bridgehead atoms. The van der Waals surface area contributed by atoms with Crippen LogP contribution in [0.5, 0.6) is 0 Å². The Labute approximate surface area is 141 Å². The van der Waals surface area contributed by atoms with Crippen molar-refractivity contribution in [3.8, 4) is 0 Å². The molecule has 2 atom stereocenters. The highest BCUT2D eigenvalue weighted by Gasteiger charge is 2.40. The van der Waals surface area contributed by atoms with Crippen LogP contribution in [0, 0.1) is 5.92 Å². The van der Waals surface area contributed by atoms with Crippen molar-refractivity contribution >= 4 is 11.9 Å². The summed E-state index contributed by atoms with van der Waals surface area (Å²) >= 11 is 0. The molecule has 2 heterocycles. The molecule has 0 spiro atoms. The first kappa shape index (κ1) is 16.2. The van der Waals surface area contributed by atoms with Gasteiger partial charge in [-0.2, -0.15) is 5.10 Å². The van der Waals surface area contributed by atoms with Gasteiger partial charge in [0.2, 0.25) is 5.91 Å². The summed E-state index contributed by atoms with van der Waals surface area (Å²) in [5.41, 5.74) is 1.80. The van der Waals surface area contributed by atoms with Crippen LogP contribution < -0.4 is 0 Å². The molecule has 1 saturated heterocycles. The number of nitrogens with zero attached hydrogens (tertiary/aromatic N) is 3. The lowest BCUT2D eigenvalue weighted by Crippen LogP contribution is -2.43. The maximum atomic E-state index is 12.6. The topological polar surface area (TPSA) is 64.4 Å². The molecule has 0 aliphatic carbocycles. The van der Waals surface area contributed by atoms with E-state index in [0.717, 1.165) is 11.1 Å². The summed E-state index contributed by atoms with van der Waals surface area (Å²) < 4.78 is 7.18. The van der Waals surface area contributed by atoms with Gasteiger partial charge in [0.1, 0.15) is 6.61 Å². The Morgan fingerprint density at radius 2 is 2.04 bits per heavy atom. The van der Waals surface area contributed by atoms with Gasteiger partial charge in [-0.05, 0) is 12.0 Å². The second-order valence-electron chi connectivity index (χ2n) is 6.14. The maximum Gasteiger partial charge on any atom is 0.311 e. The molecule has 24 heavy (non-hydrogen) atoms. The average molecular weight is 327 g/mol. The van der Waals surface area contributed by atoms with E-state index in [1.165, 1.54) is 0 Å². The third-order valence-electron chi connectivity index (χ3n) is 4.45. The predicted molar refractivity (Wildman–Crippen MR) is 87.7 cm³/mol. The van der Waals surface area contributed by atoms with E-state index >= 15 is 0 Å². The van der Waals surface area contributed by atoms with Crippen molar-refractivity contribution in [2.75, 3.05) is 7.05 Å². The monoisotopic (exact) mass is 327 g/mol. The van der Waals surface area contributed by atoms with Gasteiger partial charge in [0.25, 0.3) is 0 Å². The lowest BCUT2D eigenvalue weighted by Gasteiger charge is -2.37. The molecule has 1 aromatic carbocycles. The van der Waals surface area contributed by atoms with E-state index in [2.05, 4.69) is 5.10 Å². The summed E-state index contributed by atoms with van der Waals surface area (Å²) in [6.45, 7) is 0.244. The fourth-order valence-electron chi connectivity index (χ4n) is 3.17. The lowest BCUT2D eigenvalue weighted by atomic mass is 9.86. The lowest BCUT2D eigenvalue weighted by molar-refractivity contribution is -0.157. The molecular formula is C18H21N3O3. The van der Waals surface area contributed by atoms with Crippen molar-refractivity contribution in [2.24, 2.45) is 13.0 Å². The van der Waals surface area contributed by atoms with Crippen molar-refractivity contribution in [2.45, 2.75) is 25.5 Å². The molecule has 6 heteroatoms. The number of amides is 1. The highest BCUT2D eigenvalue weighted by molar-refractivity contribution is 5.82. The van der Waals surface area contributed by atoms with Crippen LogP contribution in [-0.2, 0) is 28.0 Å². The highest BCUT2D eigenvalue weighted by Crippen LogP contribution is 2.36. The third kappa shape index (κ3) is 3.32. The molecule has 1 aromatic heterocycles. The number of carbonyl (C=O) groups is 2. The number of hydrogen-bond acceptors (Lipinski definition) is 4. The molecule has 126 valence electrons. The zero-order chi connectivity index (χ0) is 17.1. The van der Waals surface area contributed by atoms with Crippen LogP contribution in [-0.4, -0.2) is 33.6 Å². The fourth-order valence-corrected chi connectivity index (χ4v) is 3.17. The number of piperidine rings is 1. The Hall–Kier alpha value is -2.63. The molecule has 1 aliphatic rings. The first-order valence-corrected chi connectivity index (χ1v) is 8.01. The van der Waals surface area contributed by atoms with E-state index in [1.807, 2.05) is 43.6 Å². The molecule has 0 saturated carbocycles. The molecule has 2 aromatic rings. The van der Waals surface area contributed by atoms with Gasteiger partial charge in [-0.1, -0.05) is 30.3 Å². The molecule has 0 radical (unpaired) electrons. The summed E-state index contributed by atoms with van der Waals surface area (Å²) in [5, 5.41) is 4.17. The van der Waals surface area contributed by atoms with Crippen LogP contribution >= 0.6 is 0 Å². The molecule has 1 amide bonds. The van der Waals surface area contributed by atoms with E-state index in [-0.39, 0.29) is 30.4 Å². The number of benzene rings is 1. The highest BCUT2D eigenvalue weighted by atomic mass is 16.5. The molecule has 1 fully saturated rings. The molecule has 2 unspecified atom stereocenters. The van der Waals surface area contributed by atoms with Gasteiger partial charge in [-0.15, -0.1) is 0 Å². The van der Waals surface area contributed by atoms with E-state index in [4.69, 9.17) is 4.74 Å². The first-order chi connectivity index (χ1) is 11.6. The number of hydrogen-bond donors (Lipinski definition) is 0. The molecule has 3 rings (SSSR count). The van der Waals surface area contributed by atoms with Crippen molar-refractivity contribution in [1.29, 1.82) is 0 Å². The van der Waals surface area contributed by atoms with Crippen LogP contribution in [0.3, 0.4) is 0 Å². The number of aromatic nitrogens is 2. The smallest absolute Gasteiger partial charge is 0.311 e. The summed E-state index contributed by atoms with van der Waals surface area (Å²) in [4.78, 5) is 26.3. The van der Waals surface area contributed by atoms with Gasteiger partial charge >= 0.3 is 5.97 Å². The largest absolute Gasteiger partial charge is 0.461 e. The molecule has 0 N–H and O–H groups in total. The maximum absolute atomic E-state index is 12.6. The van der Waals surface area contributed by atoms with E-state index < -0.39 is 0 Å². The minimum atomic E-state index is -0.374. The zero-order valence-corrected chi connectivity index (χ0v) is 13.9. The number of esters is 1. The van der Waals surface area contributed by atoms with Crippen molar-refractivity contribution in [3.05, 3.63) is 53.9 Å². The van der Waals surface area contributed by atoms with Gasteiger partial charge in [0, 0.05) is 32.3 Å². The Bertz CT molecular complexity index is 726. The molecular weight excluding hydrogens is 306 g/mol. The van der Waals surface area contributed by atoms with Gasteiger partial charge in [0.05, 0.1) is 18.2 Å². The predicted octanol–water partition coefficient (Wildman–Crippen LogP) is 2.07. The number of carbonyl (C=O) groups excluding carboxylic acids is 2. The van der Waals surface area contributed by atoms with Crippen LogP contribution in [0.15, 0.2) is 42.7 Å². The van der Waals surface area contributed by atoms with Crippen LogP contribution in [0.4, 0.5) is 0 Å². The Morgan fingerprint density at radius 1 is 1.29 bits per heavy atom. The standard InChI is InChI=1S/C18H21N3O3/c1-20-11-14(10-19-20)17-15(8-9-16(22)21(17)2)18(23)24-12-13-6-4-3-5-7-13/h3-7,10-11,15,17H,8-9,12H2,1-2H3. The van der Waals surface area contributed by atoms with Crippen LogP contribution in [0.25, 0.3) is 0 Å². The quantitative estimate of drug-likeness (QED) is 0.807. The van der Waals surface area contributed by atoms with E-state index in [9.17, 15) is 9.59 Å². The first-order valence-electron chi connectivity index (χ1n) is 8.01. The SMILES string of the molecule is CN1C(=O)CCC(C(=O)OCc2ccccc2)C1c1cnn(C)c1. The van der Waals surface area contributed by atoms with Crippen LogP contribution in [0.1, 0.15) is 30.0 Å². The van der Waals surface area contributed by atoms with Crippen LogP contribution in [0.2, 0.25) is 0 Å². The van der Waals surface area contributed by atoms with Crippen molar-refractivity contribution in [3.63, 3.8) is 0 Å². The Balaban J connectivity index is 1.76. The van der Waals surface area contributed by atoms with Gasteiger partial charge in [-0.25, -0.2) is 0 Å². The second kappa shape index (κ2) is 6.86. The van der Waals surface area contributed by atoms with Gasteiger partial charge in [-0.3, -0.25) is 14.3 Å². The third-order valence-corrected chi connectivity index (χ3v) is 4.45. The van der Waals surface area contributed by atoms with E-state index in [1.54, 1.807) is 22.8 Å². The fraction of sp³-hybridized carbons (Fsp3) is 0.389. The van der Waals surface area contributed by atoms with E-state index in [0.29, 0.717) is 12.8 Å². The Morgan fingerprint density at radius 3 is 2.71 bits per heavy atom. The van der Waals surface area contributed by atoms with Crippen molar-refractivity contribution < 1.29 is 14.3 Å². The number of aryl methyl sites for hydroxylation is 1. The number of ether oxygens (including phenoxy) is 1. The van der Waals surface area contributed by atoms with Gasteiger partial charge in [0.15, 0.2) is 0 Å². The van der Waals surface area contributed by atoms with Crippen molar-refractivity contribution in [1.82, 2.24) is 14.7 Å². The summed E-state index contributed by atoms with van der Waals surface area (Å²) in [6, 6.07) is 9.25. The Kier molecular flexibility index (Phi) is 4.64. The minimum absolute atomic E-state index is 0.0379. The minimum Gasteiger partial charge on any atom is -0.461 e. The van der Waals surface area contributed by atoms with Gasteiger partial charge < -0.3 is 9.64 Å². The molecule has 1 aliphatic heterocycles. The summed E-state index contributed by atoms with van der Waals surface area (Å²) in [5.74, 6) is -0.608. The number of rotatable bonds is 4. The number of likely N-dealkylation sites (tertiary alicyclic amines) is 1. The second-order valence-corrected chi connectivity index (χ2v) is 6.14. The zero-order valence-electron chi connectivity index (χ0n) is 13.9. The summed E-state index contributed by atoms with van der Waals surface area (Å²) in [7, 11) is 3.55.